The molecule has 0 radical (unpaired) electrons. The van der Waals surface area contributed by atoms with Gasteiger partial charge in [-0.25, -0.2) is 0 Å². The molecular formula is C13H23NO2. The molecule has 0 saturated heterocycles. The van der Waals surface area contributed by atoms with Crippen LogP contribution < -0.4 is 0 Å². The van der Waals surface area contributed by atoms with E-state index in [-0.39, 0.29) is 0 Å². The minimum Gasteiger partial charge on any atom is -0.465 e. The zero-order valence-electron chi connectivity index (χ0n) is 10.4. The lowest BCUT2D eigenvalue weighted by molar-refractivity contribution is 0.270. The first-order valence-corrected chi connectivity index (χ1v) is 6.07. The number of nitrogens with zero attached hydrogens (tertiary/aromatic N) is 1. The van der Waals surface area contributed by atoms with Crippen molar-refractivity contribution >= 4 is 0 Å². The number of hydrogen-bond acceptors (Lipinski definition) is 3. The number of aliphatic hydroxyl groups is 1. The van der Waals surface area contributed by atoms with Crippen molar-refractivity contribution in [1.29, 1.82) is 0 Å². The fourth-order valence-corrected chi connectivity index (χ4v) is 1.76. The van der Waals surface area contributed by atoms with Crippen LogP contribution in [0.1, 0.15) is 37.2 Å². The van der Waals surface area contributed by atoms with Crippen LogP contribution in [0.2, 0.25) is 0 Å². The Kier molecular flexibility index (Phi) is 6.19. The van der Waals surface area contributed by atoms with Gasteiger partial charge in [0.15, 0.2) is 0 Å². The van der Waals surface area contributed by atoms with Crippen LogP contribution in [0.3, 0.4) is 0 Å². The highest BCUT2D eigenvalue weighted by Crippen LogP contribution is 2.09. The molecule has 0 aliphatic rings. The molecular weight excluding hydrogens is 202 g/mol. The SMILES string of the molecule is Cc1ccc(CN(C)CCCCCCO)o1. The maximum atomic E-state index is 8.65. The van der Waals surface area contributed by atoms with Crippen molar-refractivity contribution in [2.45, 2.75) is 39.2 Å². The maximum absolute atomic E-state index is 8.65. The fourth-order valence-electron chi connectivity index (χ4n) is 1.76. The number of unbranched alkanes of at least 4 members (excludes halogenated alkanes) is 3. The molecule has 0 aromatic carbocycles. The van der Waals surface area contributed by atoms with Gasteiger partial charge in [0.25, 0.3) is 0 Å². The Labute approximate surface area is 98.1 Å². The van der Waals surface area contributed by atoms with Gasteiger partial charge in [-0.05, 0) is 45.5 Å². The van der Waals surface area contributed by atoms with Gasteiger partial charge in [-0.2, -0.15) is 0 Å². The molecule has 0 saturated carbocycles. The third-order valence-corrected chi connectivity index (χ3v) is 2.67. The molecule has 0 atom stereocenters. The predicted molar refractivity (Wildman–Crippen MR) is 65.3 cm³/mol. The average molecular weight is 225 g/mol. The molecule has 0 bridgehead atoms. The van der Waals surface area contributed by atoms with Crippen molar-refractivity contribution in [3.05, 3.63) is 23.7 Å². The molecule has 92 valence electrons. The largest absolute Gasteiger partial charge is 0.465 e. The quantitative estimate of drug-likeness (QED) is 0.691. The van der Waals surface area contributed by atoms with Gasteiger partial charge in [0.05, 0.1) is 6.54 Å². The standard InChI is InChI=1S/C13H23NO2/c1-12-7-8-13(16-12)11-14(2)9-5-3-4-6-10-15/h7-8,15H,3-6,9-11H2,1-2H3. The first-order chi connectivity index (χ1) is 7.72. The van der Waals surface area contributed by atoms with E-state index < -0.39 is 0 Å². The third-order valence-electron chi connectivity index (χ3n) is 2.67. The van der Waals surface area contributed by atoms with Gasteiger partial charge in [-0.15, -0.1) is 0 Å². The molecule has 16 heavy (non-hydrogen) atoms. The monoisotopic (exact) mass is 225 g/mol. The fraction of sp³-hybridized carbons (Fsp3) is 0.692. The second-order valence-electron chi connectivity index (χ2n) is 4.39. The number of furan rings is 1. The summed E-state index contributed by atoms with van der Waals surface area (Å²) in [6.07, 6.45) is 4.45. The minimum atomic E-state index is 0.321. The molecule has 0 fully saturated rings. The van der Waals surface area contributed by atoms with E-state index in [1.807, 2.05) is 19.1 Å². The topological polar surface area (TPSA) is 36.6 Å². The molecule has 0 unspecified atom stereocenters. The highest BCUT2D eigenvalue weighted by molar-refractivity contribution is 5.05. The smallest absolute Gasteiger partial charge is 0.118 e. The Balaban J connectivity index is 2.09. The average Bonchev–Trinajstić information content (AvgIpc) is 2.63. The van der Waals surface area contributed by atoms with Crippen molar-refractivity contribution in [2.75, 3.05) is 20.2 Å². The molecule has 0 aliphatic carbocycles. The van der Waals surface area contributed by atoms with Crippen LogP contribution in [-0.4, -0.2) is 30.2 Å². The lowest BCUT2D eigenvalue weighted by atomic mass is 10.2. The van der Waals surface area contributed by atoms with Crippen molar-refractivity contribution < 1.29 is 9.52 Å². The van der Waals surface area contributed by atoms with E-state index in [4.69, 9.17) is 9.52 Å². The Morgan fingerprint density at radius 2 is 1.94 bits per heavy atom. The number of rotatable bonds is 8. The van der Waals surface area contributed by atoms with Gasteiger partial charge >= 0.3 is 0 Å². The maximum Gasteiger partial charge on any atom is 0.118 e. The van der Waals surface area contributed by atoms with Crippen molar-refractivity contribution in [1.82, 2.24) is 4.90 Å². The number of aliphatic hydroxyl groups excluding tert-OH is 1. The molecule has 1 heterocycles. The van der Waals surface area contributed by atoms with Crippen LogP contribution in [0.5, 0.6) is 0 Å². The molecule has 1 N–H and O–H groups in total. The van der Waals surface area contributed by atoms with Crippen molar-refractivity contribution in [2.24, 2.45) is 0 Å². The van der Waals surface area contributed by atoms with E-state index in [9.17, 15) is 0 Å². The summed E-state index contributed by atoms with van der Waals surface area (Å²) in [6, 6.07) is 4.04. The summed E-state index contributed by atoms with van der Waals surface area (Å²) in [5, 5.41) is 8.65. The molecule has 1 aromatic heterocycles. The molecule has 1 rings (SSSR count). The van der Waals surface area contributed by atoms with Crippen LogP contribution in [0.4, 0.5) is 0 Å². The highest BCUT2D eigenvalue weighted by atomic mass is 16.3. The van der Waals surface area contributed by atoms with Gasteiger partial charge in [-0.3, -0.25) is 4.90 Å². The van der Waals surface area contributed by atoms with Gasteiger partial charge in [0.1, 0.15) is 11.5 Å². The van der Waals surface area contributed by atoms with Crippen molar-refractivity contribution in [3.8, 4) is 0 Å². The van der Waals surface area contributed by atoms with Crippen LogP contribution in [0.15, 0.2) is 16.5 Å². The summed E-state index contributed by atoms with van der Waals surface area (Å²) < 4.78 is 5.52. The first-order valence-electron chi connectivity index (χ1n) is 6.07. The number of hydrogen-bond donors (Lipinski definition) is 1. The predicted octanol–water partition coefficient (Wildman–Crippen LogP) is 2.57. The Hall–Kier alpha value is -0.800. The summed E-state index contributed by atoms with van der Waals surface area (Å²) in [7, 11) is 2.11. The highest BCUT2D eigenvalue weighted by Gasteiger charge is 2.03. The summed E-state index contributed by atoms with van der Waals surface area (Å²) in [5.41, 5.74) is 0. The number of aryl methyl sites for hydroxylation is 1. The molecule has 0 aliphatic heterocycles. The minimum absolute atomic E-state index is 0.321. The van der Waals surface area contributed by atoms with Crippen LogP contribution in [0, 0.1) is 6.92 Å². The molecule has 3 heteroatoms. The van der Waals surface area contributed by atoms with Crippen LogP contribution >= 0.6 is 0 Å². The van der Waals surface area contributed by atoms with Gasteiger partial charge in [-0.1, -0.05) is 12.8 Å². The zero-order valence-corrected chi connectivity index (χ0v) is 10.4. The molecule has 3 nitrogen and oxygen atoms in total. The van der Waals surface area contributed by atoms with E-state index in [2.05, 4.69) is 11.9 Å². The second-order valence-corrected chi connectivity index (χ2v) is 4.39. The lowest BCUT2D eigenvalue weighted by Gasteiger charge is -2.14. The zero-order chi connectivity index (χ0) is 11.8. The molecule has 1 aromatic rings. The molecule has 0 amide bonds. The third kappa shape index (κ3) is 5.33. The first kappa shape index (κ1) is 13.3. The van der Waals surface area contributed by atoms with Gasteiger partial charge < -0.3 is 9.52 Å². The summed E-state index contributed by atoms with van der Waals surface area (Å²) in [6.45, 7) is 4.26. The summed E-state index contributed by atoms with van der Waals surface area (Å²) in [4.78, 5) is 2.28. The second kappa shape index (κ2) is 7.47. The van der Waals surface area contributed by atoms with E-state index in [1.165, 1.54) is 12.8 Å². The van der Waals surface area contributed by atoms with Gasteiger partial charge in [0, 0.05) is 6.61 Å². The van der Waals surface area contributed by atoms with E-state index in [0.717, 1.165) is 37.5 Å². The Morgan fingerprint density at radius 1 is 1.19 bits per heavy atom. The summed E-state index contributed by atoms with van der Waals surface area (Å²) in [5.74, 6) is 2.02. The van der Waals surface area contributed by atoms with Gasteiger partial charge in [0.2, 0.25) is 0 Å². The Morgan fingerprint density at radius 3 is 2.56 bits per heavy atom. The van der Waals surface area contributed by atoms with E-state index >= 15 is 0 Å². The molecule has 0 spiro atoms. The van der Waals surface area contributed by atoms with Crippen molar-refractivity contribution in [3.63, 3.8) is 0 Å². The Bertz CT molecular complexity index is 283. The van der Waals surface area contributed by atoms with E-state index in [1.54, 1.807) is 0 Å². The lowest BCUT2D eigenvalue weighted by Crippen LogP contribution is -2.18. The van der Waals surface area contributed by atoms with Crippen LogP contribution in [0.25, 0.3) is 0 Å². The normalized spacial score (nSPS) is 11.2. The summed E-state index contributed by atoms with van der Waals surface area (Å²) >= 11 is 0. The van der Waals surface area contributed by atoms with E-state index in [0.29, 0.717) is 6.61 Å². The van der Waals surface area contributed by atoms with Crippen LogP contribution in [-0.2, 0) is 6.54 Å².